The average Bonchev–Trinajstić information content (AvgIpc) is 3.25. The van der Waals surface area contributed by atoms with Gasteiger partial charge in [-0.05, 0) is 43.2 Å². The summed E-state index contributed by atoms with van der Waals surface area (Å²) < 4.78 is 0. The number of imide groups is 1. The lowest BCUT2D eigenvalue weighted by Gasteiger charge is -2.33. The van der Waals surface area contributed by atoms with Crippen molar-refractivity contribution in [2.75, 3.05) is 11.9 Å². The van der Waals surface area contributed by atoms with E-state index in [0.29, 0.717) is 40.4 Å². The Bertz CT molecular complexity index is 1030. The van der Waals surface area contributed by atoms with Gasteiger partial charge in [0.1, 0.15) is 12.1 Å². The summed E-state index contributed by atoms with van der Waals surface area (Å²) in [6, 6.07) is 4.92. The molecule has 1 spiro atoms. The van der Waals surface area contributed by atoms with Crippen LogP contribution < -0.4 is 10.6 Å². The summed E-state index contributed by atoms with van der Waals surface area (Å²) in [5.41, 5.74) is 0.0104. The van der Waals surface area contributed by atoms with Crippen LogP contribution in [-0.4, -0.2) is 39.8 Å². The third kappa shape index (κ3) is 4.56. The Kier molecular flexibility index (Phi) is 6.23. The van der Waals surface area contributed by atoms with Crippen LogP contribution >= 0.6 is 34.5 Å². The van der Waals surface area contributed by atoms with Gasteiger partial charge in [-0.1, -0.05) is 42.3 Å². The van der Waals surface area contributed by atoms with Crippen LogP contribution in [0.1, 0.15) is 43.0 Å². The Hall–Kier alpha value is -2.16. The molecule has 1 saturated heterocycles. The van der Waals surface area contributed by atoms with Gasteiger partial charge in [0.2, 0.25) is 5.91 Å². The molecule has 4 amide bonds. The first kappa shape index (κ1) is 22.0. The molecule has 10 heteroatoms. The van der Waals surface area contributed by atoms with E-state index in [4.69, 9.17) is 23.2 Å². The third-order valence-corrected chi connectivity index (χ3v) is 7.64. The summed E-state index contributed by atoms with van der Waals surface area (Å²) in [4.78, 5) is 43.9. The molecular weight excluding hydrogens is 459 g/mol. The Morgan fingerprint density at radius 3 is 2.81 bits per heavy atom. The topological polar surface area (TPSA) is 91.4 Å². The van der Waals surface area contributed by atoms with Crippen molar-refractivity contribution < 1.29 is 14.4 Å². The molecule has 1 aliphatic heterocycles. The summed E-state index contributed by atoms with van der Waals surface area (Å²) in [7, 11) is 0. The number of carbonyl (C=O) groups is 3. The fourth-order valence-corrected chi connectivity index (χ4v) is 5.27. The first-order chi connectivity index (χ1) is 14.8. The first-order valence-corrected chi connectivity index (χ1v) is 11.7. The first-order valence-electron chi connectivity index (χ1n) is 10.1. The summed E-state index contributed by atoms with van der Waals surface area (Å²) in [6.07, 6.45) is 5.16. The summed E-state index contributed by atoms with van der Waals surface area (Å²) in [5.74, 6) is -0.241. The maximum absolute atomic E-state index is 12.9. The van der Waals surface area contributed by atoms with Crippen LogP contribution in [0.2, 0.25) is 10.0 Å². The highest BCUT2D eigenvalue weighted by Crippen LogP contribution is 2.36. The molecule has 2 N–H and O–H groups in total. The zero-order valence-electron chi connectivity index (χ0n) is 16.9. The quantitative estimate of drug-likeness (QED) is 0.617. The van der Waals surface area contributed by atoms with Gasteiger partial charge in [-0.2, -0.15) is 0 Å². The number of thiazole rings is 1. The van der Waals surface area contributed by atoms with E-state index in [1.807, 2.05) is 12.1 Å². The normalized spacial score (nSPS) is 23.3. The lowest BCUT2D eigenvalue weighted by molar-refractivity contribution is -0.135. The van der Waals surface area contributed by atoms with E-state index in [9.17, 15) is 14.4 Å². The Morgan fingerprint density at radius 1 is 1.32 bits per heavy atom. The highest BCUT2D eigenvalue weighted by Gasteiger charge is 2.52. The second-order valence-corrected chi connectivity index (χ2v) is 10.1. The van der Waals surface area contributed by atoms with Gasteiger partial charge in [-0.15, -0.1) is 11.3 Å². The standard InChI is InChI=1S/C21H22Cl2N4O3S/c1-12-5-7-21(8-6-12)18(29)27(20(30)26-21)11-16(28)25-19-24-10-14(31-19)9-13-3-2-4-15(22)17(13)23/h2-4,10,12H,5-9,11H2,1H3,(H,26,30)(H,24,25,28). The van der Waals surface area contributed by atoms with E-state index >= 15 is 0 Å². The van der Waals surface area contributed by atoms with Crippen molar-refractivity contribution in [1.82, 2.24) is 15.2 Å². The average molecular weight is 481 g/mol. The fraction of sp³-hybridized carbons (Fsp3) is 0.429. The molecule has 0 atom stereocenters. The molecule has 2 aromatic rings. The number of amides is 4. The predicted octanol–water partition coefficient (Wildman–Crippen LogP) is 4.48. The highest BCUT2D eigenvalue weighted by atomic mass is 35.5. The number of benzene rings is 1. The molecule has 0 radical (unpaired) electrons. The van der Waals surface area contributed by atoms with E-state index < -0.39 is 17.5 Å². The Morgan fingerprint density at radius 2 is 2.06 bits per heavy atom. The molecule has 1 aromatic heterocycles. The maximum Gasteiger partial charge on any atom is 0.325 e. The van der Waals surface area contributed by atoms with Crippen LogP contribution in [0, 0.1) is 5.92 Å². The molecule has 31 heavy (non-hydrogen) atoms. The van der Waals surface area contributed by atoms with Crippen molar-refractivity contribution >= 4 is 57.5 Å². The van der Waals surface area contributed by atoms with Crippen molar-refractivity contribution in [3.63, 3.8) is 0 Å². The van der Waals surface area contributed by atoms with Crippen molar-refractivity contribution in [3.8, 4) is 0 Å². The zero-order chi connectivity index (χ0) is 22.2. The van der Waals surface area contributed by atoms with Gasteiger partial charge in [0, 0.05) is 17.5 Å². The van der Waals surface area contributed by atoms with Gasteiger partial charge in [0.25, 0.3) is 5.91 Å². The molecule has 0 unspecified atom stereocenters. The molecule has 164 valence electrons. The van der Waals surface area contributed by atoms with Gasteiger partial charge in [0.05, 0.1) is 10.0 Å². The Labute approximate surface area is 194 Å². The number of hydrogen-bond acceptors (Lipinski definition) is 5. The predicted molar refractivity (Wildman–Crippen MR) is 121 cm³/mol. The maximum atomic E-state index is 12.9. The van der Waals surface area contributed by atoms with Crippen molar-refractivity contribution in [2.24, 2.45) is 5.92 Å². The van der Waals surface area contributed by atoms with Crippen molar-refractivity contribution in [1.29, 1.82) is 0 Å². The molecular formula is C21H22Cl2N4O3S. The van der Waals surface area contributed by atoms with Gasteiger partial charge in [-0.3, -0.25) is 14.5 Å². The van der Waals surface area contributed by atoms with E-state index in [1.165, 1.54) is 11.3 Å². The summed E-state index contributed by atoms with van der Waals surface area (Å²) in [6.45, 7) is 1.80. The Balaban J connectivity index is 1.37. The van der Waals surface area contributed by atoms with Gasteiger partial charge >= 0.3 is 6.03 Å². The fourth-order valence-electron chi connectivity index (χ4n) is 4.04. The van der Waals surface area contributed by atoms with Crippen LogP contribution in [-0.2, 0) is 16.0 Å². The minimum atomic E-state index is -0.853. The molecule has 7 nitrogen and oxygen atoms in total. The summed E-state index contributed by atoms with van der Waals surface area (Å²) in [5, 5.41) is 6.87. The minimum absolute atomic E-state index is 0.310. The number of carbonyl (C=O) groups excluding carboxylic acids is 3. The third-order valence-electron chi connectivity index (χ3n) is 5.87. The molecule has 4 rings (SSSR count). The number of halogens is 2. The van der Waals surface area contributed by atoms with Gasteiger partial charge in [-0.25, -0.2) is 9.78 Å². The number of hydrogen-bond donors (Lipinski definition) is 2. The second kappa shape index (κ2) is 8.76. The SMILES string of the molecule is CC1CCC2(CC1)NC(=O)N(CC(=O)Nc1ncc(Cc3cccc(Cl)c3Cl)s1)C2=O. The van der Waals surface area contributed by atoms with E-state index in [2.05, 4.69) is 22.5 Å². The van der Waals surface area contributed by atoms with Crippen LogP contribution in [0.3, 0.4) is 0 Å². The van der Waals surface area contributed by atoms with E-state index in [1.54, 1.807) is 12.3 Å². The van der Waals surface area contributed by atoms with Gasteiger partial charge < -0.3 is 10.6 Å². The number of aromatic nitrogens is 1. The number of nitrogens with one attached hydrogen (secondary N) is 2. The molecule has 2 fully saturated rings. The van der Waals surface area contributed by atoms with E-state index in [0.717, 1.165) is 28.2 Å². The highest BCUT2D eigenvalue weighted by molar-refractivity contribution is 7.15. The smallest absolute Gasteiger partial charge is 0.323 e. The zero-order valence-corrected chi connectivity index (χ0v) is 19.2. The van der Waals surface area contributed by atoms with Crippen LogP contribution in [0.4, 0.5) is 9.93 Å². The molecule has 2 aliphatic rings. The lowest BCUT2D eigenvalue weighted by Crippen LogP contribution is -2.49. The van der Waals surface area contributed by atoms with Crippen LogP contribution in [0.25, 0.3) is 0 Å². The van der Waals surface area contributed by atoms with Crippen LogP contribution in [0.15, 0.2) is 24.4 Å². The van der Waals surface area contributed by atoms with Crippen molar-refractivity contribution in [3.05, 3.63) is 44.9 Å². The monoisotopic (exact) mass is 480 g/mol. The molecule has 2 heterocycles. The largest absolute Gasteiger partial charge is 0.325 e. The minimum Gasteiger partial charge on any atom is -0.323 e. The van der Waals surface area contributed by atoms with Crippen molar-refractivity contribution in [2.45, 2.75) is 44.6 Å². The number of anilines is 1. The molecule has 0 bridgehead atoms. The van der Waals surface area contributed by atoms with E-state index in [-0.39, 0.29) is 12.5 Å². The number of rotatable bonds is 5. The molecule has 1 saturated carbocycles. The number of urea groups is 1. The lowest BCUT2D eigenvalue weighted by atomic mass is 9.77. The van der Waals surface area contributed by atoms with Gasteiger partial charge in [0.15, 0.2) is 5.13 Å². The van der Waals surface area contributed by atoms with Crippen LogP contribution in [0.5, 0.6) is 0 Å². The second-order valence-electron chi connectivity index (χ2n) is 8.16. The molecule has 1 aliphatic carbocycles. The molecule has 1 aromatic carbocycles. The summed E-state index contributed by atoms with van der Waals surface area (Å²) >= 11 is 13.6. The number of nitrogens with zero attached hydrogens (tertiary/aromatic N) is 2.